The van der Waals surface area contributed by atoms with E-state index >= 15 is 0 Å². The lowest BCUT2D eigenvalue weighted by atomic mass is 9.71. The fourth-order valence-electron chi connectivity index (χ4n) is 5.10. The molecule has 2 atom stereocenters. The SMILES string of the molecule is C[C@]12CCCCC1=C(O[Si](C)(C)C)C[C@@H](c1ccccc1)N2c1ccccc1. The fourth-order valence-corrected chi connectivity index (χ4v) is 6.05. The average molecular weight is 392 g/mol. The highest BCUT2D eigenvalue weighted by Crippen LogP contribution is 2.52. The van der Waals surface area contributed by atoms with Crippen LogP contribution in [0.4, 0.5) is 5.69 Å². The Morgan fingerprint density at radius 3 is 2.21 bits per heavy atom. The molecule has 1 fully saturated rings. The first kappa shape index (κ1) is 19.3. The Balaban J connectivity index is 1.88. The van der Waals surface area contributed by atoms with Crippen LogP contribution in [0.5, 0.6) is 0 Å². The first-order chi connectivity index (χ1) is 13.4. The summed E-state index contributed by atoms with van der Waals surface area (Å²) in [6.07, 6.45) is 5.89. The van der Waals surface area contributed by atoms with Gasteiger partial charge in [0.15, 0.2) is 0 Å². The van der Waals surface area contributed by atoms with Crippen LogP contribution in [-0.2, 0) is 4.43 Å². The summed E-state index contributed by atoms with van der Waals surface area (Å²) in [5.41, 5.74) is 4.28. The average Bonchev–Trinajstić information content (AvgIpc) is 2.67. The van der Waals surface area contributed by atoms with Gasteiger partial charge in [-0.3, -0.25) is 0 Å². The second-order valence-corrected chi connectivity index (χ2v) is 13.9. The molecule has 2 aliphatic rings. The third-order valence-corrected chi connectivity index (χ3v) is 7.06. The van der Waals surface area contributed by atoms with E-state index in [9.17, 15) is 0 Å². The first-order valence-corrected chi connectivity index (χ1v) is 14.1. The number of benzene rings is 2. The second-order valence-electron chi connectivity index (χ2n) is 9.43. The van der Waals surface area contributed by atoms with Gasteiger partial charge in [0.1, 0.15) is 0 Å². The fraction of sp³-hybridized carbons (Fsp3) is 0.440. The van der Waals surface area contributed by atoms with Gasteiger partial charge >= 0.3 is 0 Å². The zero-order valence-electron chi connectivity index (χ0n) is 17.7. The van der Waals surface area contributed by atoms with Gasteiger partial charge in [0.2, 0.25) is 8.32 Å². The summed E-state index contributed by atoms with van der Waals surface area (Å²) >= 11 is 0. The normalized spacial score (nSPS) is 25.4. The predicted molar refractivity (Wildman–Crippen MR) is 121 cm³/mol. The van der Waals surface area contributed by atoms with Crippen LogP contribution in [0.2, 0.25) is 19.6 Å². The minimum atomic E-state index is -1.66. The molecule has 0 aromatic heterocycles. The molecule has 0 bridgehead atoms. The van der Waals surface area contributed by atoms with Crippen LogP contribution >= 0.6 is 0 Å². The number of hydrogen-bond donors (Lipinski definition) is 0. The summed E-state index contributed by atoms with van der Waals surface area (Å²) in [6, 6.07) is 22.3. The van der Waals surface area contributed by atoms with Crippen LogP contribution in [0.1, 0.15) is 50.6 Å². The van der Waals surface area contributed by atoms with Gasteiger partial charge in [-0.25, -0.2) is 0 Å². The number of anilines is 1. The number of fused-ring (bicyclic) bond motifs is 1. The lowest BCUT2D eigenvalue weighted by Crippen LogP contribution is -2.55. The second kappa shape index (κ2) is 7.44. The Kier molecular flexibility index (Phi) is 5.13. The number of rotatable bonds is 4. The van der Waals surface area contributed by atoms with Gasteiger partial charge in [0.25, 0.3) is 0 Å². The van der Waals surface area contributed by atoms with Gasteiger partial charge in [0, 0.05) is 12.1 Å². The summed E-state index contributed by atoms with van der Waals surface area (Å²) in [5.74, 6) is 1.29. The predicted octanol–water partition coefficient (Wildman–Crippen LogP) is 7.08. The Morgan fingerprint density at radius 2 is 1.57 bits per heavy atom. The molecule has 4 rings (SSSR count). The molecule has 1 aliphatic carbocycles. The van der Waals surface area contributed by atoms with Crippen LogP contribution in [0.15, 0.2) is 72.0 Å². The van der Waals surface area contributed by atoms with E-state index in [0.29, 0.717) is 6.04 Å². The molecule has 1 heterocycles. The largest absolute Gasteiger partial charge is 0.547 e. The Hall–Kier alpha value is -2.00. The Bertz CT molecular complexity index is 840. The zero-order chi connectivity index (χ0) is 19.8. The van der Waals surface area contributed by atoms with Crippen molar-refractivity contribution in [2.75, 3.05) is 4.90 Å². The monoisotopic (exact) mass is 391 g/mol. The molecular weight excluding hydrogens is 358 g/mol. The van der Waals surface area contributed by atoms with Crippen LogP contribution in [0.3, 0.4) is 0 Å². The maximum Gasteiger partial charge on any atom is 0.241 e. The van der Waals surface area contributed by atoms with Gasteiger partial charge in [-0.1, -0.05) is 55.0 Å². The molecule has 1 saturated carbocycles. The van der Waals surface area contributed by atoms with Gasteiger partial charge in [0.05, 0.1) is 17.3 Å². The van der Waals surface area contributed by atoms with Crippen LogP contribution in [-0.4, -0.2) is 13.9 Å². The molecule has 0 N–H and O–H groups in total. The molecule has 0 saturated heterocycles. The molecule has 2 aromatic rings. The van der Waals surface area contributed by atoms with Crippen LogP contribution < -0.4 is 4.90 Å². The van der Waals surface area contributed by atoms with Gasteiger partial charge in [-0.05, 0) is 69.1 Å². The standard InChI is InChI=1S/C25H33NOSi/c1-25-18-12-11-17-22(25)24(27-28(2,3)4)19-23(20-13-7-5-8-14-20)26(25)21-15-9-6-10-16-21/h5-10,13-16,23H,11-12,17-19H2,1-4H3/t23-,25-/m0/s1. The maximum absolute atomic E-state index is 6.74. The summed E-state index contributed by atoms with van der Waals surface area (Å²) in [7, 11) is -1.66. The summed E-state index contributed by atoms with van der Waals surface area (Å²) in [4.78, 5) is 2.70. The number of para-hydroxylation sites is 1. The lowest BCUT2D eigenvalue weighted by molar-refractivity contribution is 0.268. The highest BCUT2D eigenvalue weighted by Gasteiger charge is 2.47. The summed E-state index contributed by atoms with van der Waals surface area (Å²) in [5, 5.41) is 0. The maximum atomic E-state index is 6.74. The molecule has 0 unspecified atom stereocenters. The molecule has 1 aliphatic heterocycles. The van der Waals surface area contributed by atoms with E-state index in [1.54, 1.807) is 5.57 Å². The molecule has 0 radical (unpaired) electrons. The van der Waals surface area contributed by atoms with Crippen molar-refractivity contribution in [3.63, 3.8) is 0 Å². The number of hydrogen-bond acceptors (Lipinski definition) is 2. The lowest BCUT2D eigenvalue weighted by Gasteiger charge is -2.55. The molecule has 2 nitrogen and oxygen atoms in total. The molecule has 28 heavy (non-hydrogen) atoms. The highest BCUT2D eigenvalue weighted by molar-refractivity contribution is 6.70. The minimum absolute atomic E-state index is 0.0212. The van der Waals surface area contributed by atoms with Crippen LogP contribution in [0.25, 0.3) is 0 Å². The molecule has 0 amide bonds. The van der Waals surface area contributed by atoms with Crippen LogP contribution in [0, 0.1) is 0 Å². The zero-order valence-corrected chi connectivity index (χ0v) is 18.7. The van der Waals surface area contributed by atoms with Crippen molar-refractivity contribution in [2.45, 2.75) is 70.2 Å². The Morgan fingerprint density at radius 1 is 0.929 bits per heavy atom. The molecular formula is C25H33NOSi. The minimum Gasteiger partial charge on any atom is -0.547 e. The van der Waals surface area contributed by atoms with Crippen molar-refractivity contribution < 1.29 is 4.43 Å². The topological polar surface area (TPSA) is 12.5 Å². The third kappa shape index (κ3) is 3.65. The summed E-state index contributed by atoms with van der Waals surface area (Å²) < 4.78 is 6.74. The van der Waals surface area contributed by atoms with Crippen molar-refractivity contribution in [1.29, 1.82) is 0 Å². The van der Waals surface area contributed by atoms with E-state index in [0.717, 1.165) is 6.42 Å². The number of nitrogens with zero attached hydrogens (tertiary/aromatic N) is 1. The van der Waals surface area contributed by atoms with Crippen molar-refractivity contribution in [3.05, 3.63) is 77.6 Å². The molecule has 2 aromatic carbocycles. The van der Waals surface area contributed by atoms with Crippen molar-refractivity contribution in [1.82, 2.24) is 0 Å². The molecule has 0 spiro atoms. The highest BCUT2D eigenvalue weighted by atomic mass is 28.4. The van der Waals surface area contributed by atoms with E-state index in [2.05, 4.69) is 92.1 Å². The van der Waals surface area contributed by atoms with Gasteiger partial charge in [-0.2, -0.15) is 0 Å². The quantitative estimate of drug-likeness (QED) is 0.516. The first-order valence-electron chi connectivity index (χ1n) is 10.7. The van der Waals surface area contributed by atoms with Crippen molar-refractivity contribution >= 4 is 14.0 Å². The van der Waals surface area contributed by atoms with Gasteiger partial charge < -0.3 is 9.33 Å². The van der Waals surface area contributed by atoms with E-state index in [4.69, 9.17) is 4.43 Å². The van der Waals surface area contributed by atoms with Gasteiger partial charge in [-0.15, -0.1) is 0 Å². The van der Waals surface area contributed by atoms with E-state index in [1.165, 1.54) is 42.7 Å². The smallest absolute Gasteiger partial charge is 0.241 e. The molecule has 148 valence electrons. The summed E-state index contributed by atoms with van der Waals surface area (Å²) in [6.45, 7) is 9.38. The van der Waals surface area contributed by atoms with E-state index < -0.39 is 8.32 Å². The van der Waals surface area contributed by atoms with E-state index in [-0.39, 0.29) is 5.54 Å². The van der Waals surface area contributed by atoms with Crippen molar-refractivity contribution in [2.24, 2.45) is 0 Å². The third-order valence-electron chi connectivity index (χ3n) is 6.20. The van der Waals surface area contributed by atoms with E-state index in [1.807, 2.05) is 0 Å². The Labute approximate surface area is 171 Å². The molecule has 3 heteroatoms. The van der Waals surface area contributed by atoms with Crippen molar-refractivity contribution in [3.8, 4) is 0 Å².